The first-order valence-corrected chi connectivity index (χ1v) is 7.80. The molecule has 0 radical (unpaired) electrons. The number of piperazine rings is 1. The molecule has 0 bridgehead atoms. The van der Waals surface area contributed by atoms with Crippen LogP contribution in [0.15, 0.2) is 0 Å². The fourth-order valence-corrected chi connectivity index (χ4v) is 3.30. The number of nitrogens with one attached hydrogen (secondary N) is 1. The van der Waals surface area contributed by atoms with Gasteiger partial charge in [-0.2, -0.15) is 0 Å². The van der Waals surface area contributed by atoms with Gasteiger partial charge in [-0.05, 0) is 39.0 Å². The fraction of sp³-hybridized carbons (Fsp3) is 1.00. The van der Waals surface area contributed by atoms with Gasteiger partial charge in [-0.1, -0.05) is 13.8 Å². The summed E-state index contributed by atoms with van der Waals surface area (Å²) in [6.07, 6.45) is 6.74. The number of hydrogen-bond donors (Lipinski definition) is 1. The fourth-order valence-electron chi connectivity index (χ4n) is 3.30. The van der Waals surface area contributed by atoms with Crippen LogP contribution in [0.2, 0.25) is 0 Å². The van der Waals surface area contributed by atoms with Crippen molar-refractivity contribution in [1.82, 2.24) is 10.2 Å². The Bertz CT molecular complexity index is 247. The Labute approximate surface area is 112 Å². The summed E-state index contributed by atoms with van der Waals surface area (Å²) in [5.41, 5.74) is 0.350. The van der Waals surface area contributed by atoms with Gasteiger partial charge in [-0.3, -0.25) is 4.90 Å². The zero-order valence-corrected chi connectivity index (χ0v) is 12.4. The molecule has 0 aliphatic carbocycles. The lowest BCUT2D eigenvalue weighted by molar-refractivity contribution is 0.0514. The van der Waals surface area contributed by atoms with E-state index >= 15 is 0 Å². The number of rotatable bonds is 5. The normalized spacial score (nSPS) is 32.8. The highest BCUT2D eigenvalue weighted by molar-refractivity contribution is 4.95. The summed E-state index contributed by atoms with van der Waals surface area (Å²) < 4.78 is 5.74. The Kier molecular flexibility index (Phi) is 5.05. The first kappa shape index (κ1) is 14.3. The quantitative estimate of drug-likeness (QED) is 0.815. The second-order valence-corrected chi connectivity index (χ2v) is 6.11. The highest BCUT2D eigenvalue weighted by Crippen LogP contribution is 2.24. The summed E-state index contributed by atoms with van der Waals surface area (Å²) in [5.74, 6) is 0. The highest BCUT2D eigenvalue weighted by Gasteiger charge is 2.35. The van der Waals surface area contributed by atoms with E-state index in [1.165, 1.54) is 45.2 Å². The van der Waals surface area contributed by atoms with Gasteiger partial charge >= 0.3 is 0 Å². The third kappa shape index (κ3) is 3.25. The zero-order chi connectivity index (χ0) is 13.0. The van der Waals surface area contributed by atoms with Crippen molar-refractivity contribution >= 4 is 0 Å². The van der Waals surface area contributed by atoms with Crippen LogP contribution in [0.1, 0.15) is 52.9 Å². The molecule has 106 valence electrons. The van der Waals surface area contributed by atoms with Crippen molar-refractivity contribution in [1.29, 1.82) is 0 Å². The molecule has 3 nitrogen and oxygen atoms in total. The van der Waals surface area contributed by atoms with E-state index < -0.39 is 0 Å². The molecule has 0 aromatic heterocycles. The van der Waals surface area contributed by atoms with E-state index in [1.807, 2.05) is 0 Å². The molecule has 2 fully saturated rings. The maximum absolute atomic E-state index is 5.74. The summed E-state index contributed by atoms with van der Waals surface area (Å²) >= 11 is 0. The third-order valence-electron chi connectivity index (χ3n) is 5.02. The van der Waals surface area contributed by atoms with E-state index in [-0.39, 0.29) is 0 Å². The Balaban J connectivity index is 1.84. The van der Waals surface area contributed by atoms with Crippen molar-refractivity contribution in [2.45, 2.75) is 70.6 Å². The molecular weight excluding hydrogens is 224 g/mol. The summed E-state index contributed by atoms with van der Waals surface area (Å²) in [6.45, 7) is 11.5. The molecule has 0 spiro atoms. The molecule has 0 amide bonds. The molecule has 2 aliphatic heterocycles. The minimum Gasteiger partial charge on any atom is -0.378 e. The van der Waals surface area contributed by atoms with Gasteiger partial charge in [0.15, 0.2) is 0 Å². The molecule has 18 heavy (non-hydrogen) atoms. The zero-order valence-electron chi connectivity index (χ0n) is 12.4. The predicted octanol–water partition coefficient (Wildman–Crippen LogP) is 2.41. The van der Waals surface area contributed by atoms with Gasteiger partial charge in [0.05, 0.1) is 6.10 Å². The van der Waals surface area contributed by atoms with Crippen LogP contribution in [0.4, 0.5) is 0 Å². The molecule has 2 saturated heterocycles. The Morgan fingerprint density at radius 1 is 1.33 bits per heavy atom. The van der Waals surface area contributed by atoms with E-state index in [4.69, 9.17) is 4.74 Å². The smallest absolute Gasteiger partial charge is 0.0588 e. The molecule has 0 aromatic carbocycles. The van der Waals surface area contributed by atoms with Crippen molar-refractivity contribution in [3.63, 3.8) is 0 Å². The van der Waals surface area contributed by atoms with Gasteiger partial charge in [0, 0.05) is 37.8 Å². The van der Waals surface area contributed by atoms with E-state index in [0.717, 1.165) is 13.2 Å². The summed E-state index contributed by atoms with van der Waals surface area (Å²) in [4.78, 5) is 2.67. The first-order valence-electron chi connectivity index (χ1n) is 7.80. The number of nitrogens with zero attached hydrogens (tertiary/aromatic N) is 1. The van der Waals surface area contributed by atoms with Gasteiger partial charge in [0.2, 0.25) is 0 Å². The molecular formula is C15H30N2O. The van der Waals surface area contributed by atoms with Crippen LogP contribution in [0, 0.1) is 0 Å². The second kappa shape index (κ2) is 6.36. The van der Waals surface area contributed by atoms with Gasteiger partial charge in [-0.15, -0.1) is 0 Å². The lowest BCUT2D eigenvalue weighted by Crippen LogP contribution is -2.63. The highest BCUT2D eigenvalue weighted by atomic mass is 16.5. The largest absolute Gasteiger partial charge is 0.378 e. The third-order valence-corrected chi connectivity index (χ3v) is 5.02. The molecule has 2 unspecified atom stereocenters. The molecule has 3 heteroatoms. The molecule has 2 atom stereocenters. The summed E-state index contributed by atoms with van der Waals surface area (Å²) in [5, 5.41) is 3.77. The van der Waals surface area contributed by atoms with Crippen molar-refractivity contribution in [3.8, 4) is 0 Å². The lowest BCUT2D eigenvalue weighted by Gasteiger charge is -2.46. The summed E-state index contributed by atoms with van der Waals surface area (Å²) in [7, 11) is 0. The van der Waals surface area contributed by atoms with Gasteiger partial charge < -0.3 is 10.1 Å². The van der Waals surface area contributed by atoms with Gasteiger partial charge in [-0.25, -0.2) is 0 Å². The van der Waals surface area contributed by atoms with Crippen molar-refractivity contribution in [2.24, 2.45) is 0 Å². The van der Waals surface area contributed by atoms with Crippen molar-refractivity contribution in [3.05, 3.63) is 0 Å². The maximum Gasteiger partial charge on any atom is 0.0588 e. The lowest BCUT2D eigenvalue weighted by atomic mass is 9.88. The Morgan fingerprint density at radius 3 is 2.72 bits per heavy atom. The standard InChI is InChI=1S/C15H30N2O/c1-4-15(5-2)12-17(13(3)11-16-15)9-8-14-7-6-10-18-14/h13-14,16H,4-12H2,1-3H3. The Hall–Kier alpha value is -0.120. The van der Waals surface area contributed by atoms with Gasteiger partial charge in [0.1, 0.15) is 0 Å². The maximum atomic E-state index is 5.74. The first-order chi connectivity index (χ1) is 8.69. The molecule has 0 saturated carbocycles. The minimum atomic E-state index is 0.350. The molecule has 2 rings (SSSR count). The Morgan fingerprint density at radius 2 is 2.11 bits per heavy atom. The van der Waals surface area contributed by atoms with Crippen molar-refractivity contribution in [2.75, 3.05) is 26.2 Å². The molecule has 2 heterocycles. The van der Waals surface area contributed by atoms with Crippen LogP contribution >= 0.6 is 0 Å². The van der Waals surface area contributed by atoms with Crippen LogP contribution < -0.4 is 5.32 Å². The van der Waals surface area contributed by atoms with Crippen LogP contribution in [-0.2, 0) is 4.74 Å². The van der Waals surface area contributed by atoms with E-state index in [2.05, 4.69) is 31.0 Å². The topological polar surface area (TPSA) is 24.5 Å². The van der Waals surface area contributed by atoms with Crippen LogP contribution in [0.5, 0.6) is 0 Å². The number of hydrogen-bond acceptors (Lipinski definition) is 3. The van der Waals surface area contributed by atoms with Crippen molar-refractivity contribution < 1.29 is 4.74 Å². The molecule has 2 aliphatic rings. The van der Waals surface area contributed by atoms with Crippen LogP contribution in [0.3, 0.4) is 0 Å². The minimum absolute atomic E-state index is 0.350. The molecule has 0 aromatic rings. The van der Waals surface area contributed by atoms with E-state index in [9.17, 15) is 0 Å². The van der Waals surface area contributed by atoms with Crippen LogP contribution in [-0.4, -0.2) is 48.8 Å². The number of ether oxygens (including phenoxy) is 1. The van der Waals surface area contributed by atoms with Gasteiger partial charge in [0.25, 0.3) is 0 Å². The monoisotopic (exact) mass is 254 g/mol. The summed E-state index contributed by atoms with van der Waals surface area (Å²) in [6, 6.07) is 0.664. The second-order valence-electron chi connectivity index (χ2n) is 6.11. The predicted molar refractivity (Wildman–Crippen MR) is 75.9 cm³/mol. The average molecular weight is 254 g/mol. The molecule has 1 N–H and O–H groups in total. The SMILES string of the molecule is CCC1(CC)CN(CCC2CCCO2)C(C)CN1. The van der Waals surface area contributed by atoms with E-state index in [0.29, 0.717) is 17.7 Å². The van der Waals surface area contributed by atoms with E-state index in [1.54, 1.807) is 0 Å². The average Bonchev–Trinajstić information content (AvgIpc) is 2.91. The van der Waals surface area contributed by atoms with Crippen LogP contribution in [0.25, 0.3) is 0 Å².